The lowest BCUT2D eigenvalue weighted by Gasteiger charge is -2.12. The standard InChI is InChI=1S/C13H14N2O2.C13H18N2O.C12H18N2O.C11H11N3OS.C11H10N2O2.2C11H16N2O.C9H11NO2/c1-8-4-6-11(7-5-8)14-13(16)12-9(2)15-17-10(12)3;1-10-6-8-12(9-7-10)15-13(16)14-11-4-2-3-5-11;1-3-4-9-13-12(15)14-11-7-5-10(2)6-8-11;1-7-3-5-9(6-4-7)12-11(15)10-8(2)13-14-16-10;1-8-2-4-9(5-3-8)13-11(14)10-6-7-12-15-10;1-8(2)12-11(14)13-10-6-4-9(3)5-7-10;1-3-8-12-11(14)13-10-6-4-9(2)5-7-10;1-7-3-5-8(6-4-7)10-9(11)12-2/h4-7H,1-3H3,(H,14,16);6-9,11H,2-5H2,1H3,(H2,14,15,16);5-8H,3-4,9H2,1-2H3,(H2,13,14,15);3-6H,1-2H3,(H,12,15);2-7H,1H3,(H,13,14);4-8H,1-3H3,(H2,12,13,14);4-7H,3,8H2,1-2H3,(H2,12,13,14);3-6H,1-2H3,(H,10,11). The summed E-state index contributed by atoms with van der Waals surface area (Å²) in [5, 5.41) is 44.3. The number of carbonyl (C=O) groups excluding carboxylic acids is 8. The van der Waals surface area contributed by atoms with Gasteiger partial charge >= 0.3 is 30.2 Å². The molecule has 0 bridgehead atoms. The Labute approximate surface area is 702 Å². The number of benzene rings is 8. The van der Waals surface area contributed by atoms with Crippen LogP contribution < -0.4 is 63.8 Å². The Morgan fingerprint density at radius 3 is 1.09 bits per heavy atom. The lowest BCUT2D eigenvalue weighted by molar-refractivity contribution is 0.0985. The van der Waals surface area contributed by atoms with Crippen LogP contribution >= 0.6 is 11.5 Å². The molecule has 1 saturated carbocycles. The van der Waals surface area contributed by atoms with Gasteiger partial charge in [-0.3, -0.25) is 19.7 Å². The molecule has 11 aromatic rings. The third-order valence-corrected chi connectivity index (χ3v) is 17.7. The molecule has 1 aliphatic rings. The van der Waals surface area contributed by atoms with Crippen molar-refractivity contribution in [1.82, 2.24) is 41.2 Å². The van der Waals surface area contributed by atoms with Gasteiger partial charge < -0.3 is 72.3 Å². The highest BCUT2D eigenvalue weighted by atomic mass is 32.1. The van der Waals surface area contributed by atoms with E-state index in [9.17, 15) is 38.4 Å². The fourth-order valence-corrected chi connectivity index (χ4v) is 10.8. The van der Waals surface area contributed by atoms with E-state index >= 15 is 0 Å². The average Bonchev–Trinajstić information content (AvgIpc) is 1.71. The minimum absolute atomic E-state index is 0.0873. The Morgan fingerprint density at radius 2 is 0.765 bits per heavy atom. The summed E-state index contributed by atoms with van der Waals surface area (Å²) in [6.07, 6.45) is 8.73. The number of hydrogen-bond donors (Lipinski definition) is 12. The van der Waals surface area contributed by atoms with Crippen molar-refractivity contribution in [3.8, 4) is 0 Å². The van der Waals surface area contributed by atoms with Crippen LogP contribution in [0.3, 0.4) is 0 Å². The Balaban J connectivity index is 0.000000243. The molecule has 12 N–H and O–H groups in total. The Hall–Kier alpha value is -13.5. The maximum atomic E-state index is 12.0. The Kier molecular flexibility index (Phi) is 42.7. The van der Waals surface area contributed by atoms with Crippen LogP contribution in [-0.4, -0.2) is 100 Å². The monoisotopic (exact) mass is 1640 g/mol. The van der Waals surface area contributed by atoms with Crippen molar-refractivity contribution < 1.29 is 52.1 Å². The van der Waals surface area contributed by atoms with E-state index in [2.05, 4.69) is 95.4 Å². The SMILES string of the molecule is CCCCNC(=O)Nc1ccc(C)cc1.CCCNC(=O)Nc1ccc(C)cc1.COC(=O)Nc1ccc(C)cc1.Cc1ccc(NC(=O)NC(C)C)cc1.Cc1ccc(NC(=O)NC2CCCC2)cc1.Cc1ccc(NC(=O)c2c(C)noc2C)cc1.Cc1ccc(NC(=O)c2ccno2)cc1.Cc1ccc(NC(=O)c2snnc2C)cc1. The van der Waals surface area contributed by atoms with Crippen LogP contribution in [0.5, 0.6) is 0 Å². The van der Waals surface area contributed by atoms with Crippen LogP contribution in [0.25, 0.3) is 0 Å². The van der Waals surface area contributed by atoms with Gasteiger partial charge in [-0.05, 0) is 224 Å². The molecule has 0 aliphatic heterocycles. The molecule has 0 saturated heterocycles. The minimum Gasteiger partial charge on any atom is -0.453 e. The summed E-state index contributed by atoms with van der Waals surface area (Å²) < 4.78 is 17.9. The van der Waals surface area contributed by atoms with Gasteiger partial charge in [0.25, 0.3) is 17.7 Å². The summed E-state index contributed by atoms with van der Waals surface area (Å²) in [5.74, 6) is 0.0977. The topological polar surface area (TPSA) is 368 Å². The quantitative estimate of drug-likeness (QED) is 0.0355. The second-order valence-corrected chi connectivity index (χ2v) is 28.9. The van der Waals surface area contributed by atoms with Crippen LogP contribution in [0.4, 0.5) is 69.5 Å². The number of anilines is 8. The molecular formula is C91H114N16O11S. The lowest BCUT2D eigenvalue weighted by Crippen LogP contribution is -2.36. The van der Waals surface area contributed by atoms with E-state index in [1.807, 2.05) is 270 Å². The predicted molar refractivity (Wildman–Crippen MR) is 477 cm³/mol. The van der Waals surface area contributed by atoms with E-state index in [-0.39, 0.29) is 53.6 Å². The van der Waals surface area contributed by atoms with Gasteiger partial charge in [0.05, 0.1) is 24.7 Å². The van der Waals surface area contributed by atoms with Crippen molar-refractivity contribution in [2.45, 2.75) is 161 Å². The first-order valence-corrected chi connectivity index (χ1v) is 39.9. The van der Waals surface area contributed by atoms with E-state index in [0.29, 0.717) is 40.2 Å². The van der Waals surface area contributed by atoms with E-state index < -0.39 is 6.09 Å². The van der Waals surface area contributed by atoms with Crippen molar-refractivity contribution in [3.05, 3.63) is 284 Å². The van der Waals surface area contributed by atoms with Crippen molar-refractivity contribution in [3.63, 3.8) is 0 Å². The van der Waals surface area contributed by atoms with Gasteiger partial charge in [0.1, 0.15) is 16.2 Å². The van der Waals surface area contributed by atoms with Gasteiger partial charge in [-0.25, -0.2) is 24.0 Å². The molecular weight excluding hydrogens is 1530 g/mol. The second kappa shape index (κ2) is 52.9. The summed E-state index contributed by atoms with van der Waals surface area (Å²) in [7, 11) is 1.34. The number of ether oxygens (including phenoxy) is 1. The smallest absolute Gasteiger partial charge is 0.411 e. The van der Waals surface area contributed by atoms with Crippen molar-refractivity contribution in [2.24, 2.45) is 0 Å². The first kappa shape index (κ1) is 96.1. The maximum absolute atomic E-state index is 12.0. The number of aromatic nitrogens is 4. The number of urea groups is 4. The summed E-state index contributed by atoms with van der Waals surface area (Å²) in [6.45, 7) is 30.7. The van der Waals surface area contributed by atoms with Crippen LogP contribution in [0.15, 0.2) is 215 Å². The van der Waals surface area contributed by atoms with Crippen LogP contribution in [0.2, 0.25) is 0 Å². The summed E-state index contributed by atoms with van der Waals surface area (Å²) in [5.41, 5.74) is 17.5. The molecule has 27 nitrogen and oxygen atoms in total. The third-order valence-electron chi connectivity index (χ3n) is 16.9. The number of hydrogen-bond acceptors (Lipinski definition) is 16. The van der Waals surface area contributed by atoms with Crippen molar-refractivity contribution in [1.29, 1.82) is 0 Å². The molecule has 0 unspecified atom stereocenters. The molecule has 1 fully saturated rings. The largest absolute Gasteiger partial charge is 0.453 e. The molecule has 3 aromatic heterocycles. The van der Waals surface area contributed by atoms with Crippen molar-refractivity contribution >= 4 is 105 Å². The fraction of sp³-hybridized carbons (Fsp3) is 0.297. The molecule has 28 heteroatoms. The van der Waals surface area contributed by atoms with Crippen LogP contribution in [0, 0.1) is 76.2 Å². The van der Waals surface area contributed by atoms with Crippen LogP contribution in [-0.2, 0) is 4.74 Å². The average molecular weight is 1640 g/mol. The summed E-state index contributed by atoms with van der Waals surface area (Å²) in [4.78, 5) is 92.1. The molecule has 0 atom stereocenters. The zero-order chi connectivity index (χ0) is 87.0. The van der Waals surface area contributed by atoms with E-state index in [1.165, 1.54) is 54.5 Å². The molecule has 3 heterocycles. The lowest BCUT2D eigenvalue weighted by atomic mass is 10.2. The van der Waals surface area contributed by atoms with Gasteiger partial charge in [-0.15, -0.1) is 5.10 Å². The maximum Gasteiger partial charge on any atom is 0.411 e. The van der Waals surface area contributed by atoms with E-state index in [4.69, 9.17) is 9.05 Å². The number of unbranched alkanes of at least 4 members (excludes halogenated alkanes) is 1. The molecule has 119 heavy (non-hydrogen) atoms. The van der Waals surface area contributed by atoms with Gasteiger partial charge in [-0.1, -0.05) is 189 Å². The van der Waals surface area contributed by atoms with Gasteiger partial charge in [0.2, 0.25) is 5.76 Å². The third kappa shape index (κ3) is 39.6. The normalized spacial score (nSPS) is 10.7. The summed E-state index contributed by atoms with van der Waals surface area (Å²) >= 11 is 1.11. The zero-order valence-electron chi connectivity index (χ0n) is 70.8. The van der Waals surface area contributed by atoms with Crippen molar-refractivity contribution in [2.75, 3.05) is 62.7 Å². The molecule has 12 rings (SSSR count). The first-order valence-electron chi connectivity index (χ1n) is 39.2. The number of rotatable bonds is 18. The minimum atomic E-state index is -0.446. The molecule has 0 spiro atoms. The number of methoxy groups -OCH3 is 1. The predicted octanol–water partition coefficient (Wildman–Crippen LogP) is 20.7. The summed E-state index contributed by atoms with van der Waals surface area (Å²) in [6, 6.07) is 62.8. The molecule has 630 valence electrons. The van der Waals surface area contributed by atoms with Crippen LogP contribution in [0.1, 0.15) is 165 Å². The first-order chi connectivity index (χ1) is 57.0. The molecule has 8 aromatic carbocycles. The van der Waals surface area contributed by atoms with Gasteiger partial charge in [0, 0.05) is 76.7 Å². The highest BCUT2D eigenvalue weighted by molar-refractivity contribution is 7.08. The molecule has 1 aliphatic carbocycles. The number of nitrogens with zero attached hydrogens (tertiary/aromatic N) is 4. The second-order valence-electron chi connectivity index (χ2n) is 28.1. The molecule has 0 radical (unpaired) electrons. The highest BCUT2D eigenvalue weighted by Gasteiger charge is 2.19. The fourth-order valence-electron chi connectivity index (χ4n) is 10.2. The van der Waals surface area contributed by atoms with Gasteiger partial charge in [-0.2, -0.15) is 0 Å². The Morgan fingerprint density at radius 1 is 0.412 bits per heavy atom. The van der Waals surface area contributed by atoms with Gasteiger partial charge in [0.15, 0.2) is 0 Å². The Bertz CT molecular complexity index is 4820. The number of nitrogens with one attached hydrogen (secondary N) is 12. The number of carbonyl (C=O) groups is 8. The number of aryl methyl sites for hydroxylation is 11. The molecule has 12 amide bonds. The number of amides is 12. The van der Waals surface area contributed by atoms with E-state index in [0.717, 1.165) is 118 Å². The van der Waals surface area contributed by atoms with E-state index in [1.54, 1.807) is 20.8 Å². The zero-order valence-corrected chi connectivity index (χ0v) is 71.7. The highest BCUT2D eigenvalue weighted by Crippen LogP contribution is 2.21.